The molecule has 0 spiro atoms. The van der Waals surface area contributed by atoms with Crippen molar-refractivity contribution in [2.75, 3.05) is 12.0 Å². The zero-order valence-electron chi connectivity index (χ0n) is 21.8. The van der Waals surface area contributed by atoms with E-state index in [9.17, 15) is 24.8 Å². The number of nitro groups is 1. The molecule has 2 heterocycles. The lowest BCUT2D eigenvalue weighted by atomic mass is 10.2. The Balaban J connectivity index is 1.60. The van der Waals surface area contributed by atoms with E-state index < -0.39 is 22.3 Å². The molecule has 1 unspecified atom stereocenters. The number of hydrogen-bond acceptors (Lipinski definition) is 9. The van der Waals surface area contributed by atoms with Crippen molar-refractivity contribution in [1.29, 1.82) is 0 Å². The molecule has 13 nitrogen and oxygen atoms in total. The SMILES string of the molecule is Cc1ccccc1OCC(O)Cn1c(N/N=C\C(Cl)=C\c2ccc([N+](=O)[O-])cc2)nc2c1c(=O)n(C)c(=O)n2C. The Morgan fingerprint density at radius 2 is 1.90 bits per heavy atom. The third-order valence-corrected chi connectivity index (χ3v) is 6.23. The molecule has 0 amide bonds. The second-order valence-corrected chi connectivity index (χ2v) is 9.34. The van der Waals surface area contributed by atoms with Crippen LogP contribution in [0.2, 0.25) is 0 Å². The number of para-hydroxylation sites is 1. The van der Waals surface area contributed by atoms with Gasteiger partial charge in [-0.05, 0) is 42.3 Å². The normalized spacial score (nSPS) is 12.7. The molecule has 0 fully saturated rings. The maximum Gasteiger partial charge on any atom is 0.332 e. The van der Waals surface area contributed by atoms with E-state index in [0.29, 0.717) is 11.3 Å². The number of aliphatic hydroxyl groups excluding tert-OH is 1. The van der Waals surface area contributed by atoms with E-state index in [4.69, 9.17) is 16.3 Å². The zero-order valence-corrected chi connectivity index (χ0v) is 22.6. The van der Waals surface area contributed by atoms with Crippen molar-refractivity contribution in [3.63, 3.8) is 0 Å². The molecule has 40 heavy (non-hydrogen) atoms. The van der Waals surface area contributed by atoms with E-state index in [0.717, 1.165) is 10.1 Å². The number of nitro benzene ring substituents is 1. The first-order valence-corrected chi connectivity index (χ1v) is 12.4. The molecule has 0 bridgehead atoms. The van der Waals surface area contributed by atoms with Crippen molar-refractivity contribution >= 4 is 46.7 Å². The fourth-order valence-corrected chi connectivity index (χ4v) is 4.09. The van der Waals surface area contributed by atoms with Crippen molar-refractivity contribution < 1.29 is 14.8 Å². The minimum absolute atomic E-state index is 0.0467. The summed E-state index contributed by atoms with van der Waals surface area (Å²) in [5, 5.41) is 25.9. The van der Waals surface area contributed by atoms with Crippen molar-refractivity contribution in [2.24, 2.45) is 19.2 Å². The van der Waals surface area contributed by atoms with Crippen LogP contribution in [0.5, 0.6) is 5.75 Å². The maximum absolute atomic E-state index is 13.0. The van der Waals surface area contributed by atoms with Crippen LogP contribution in [0, 0.1) is 17.0 Å². The van der Waals surface area contributed by atoms with E-state index in [1.54, 1.807) is 12.1 Å². The number of hydrazone groups is 1. The molecule has 0 saturated heterocycles. The molecule has 208 valence electrons. The van der Waals surface area contributed by atoms with Crippen molar-refractivity contribution in [3.8, 4) is 5.75 Å². The van der Waals surface area contributed by atoms with Gasteiger partial charge in [-0.1, -0.05) is 29.8 Å². The highest BCUT2D eigenvalue weighted by molar-refractivity contribution is 6.41. The highest BCUT2D eigenvalue weighted by Gasteiger charge is 2.21. The van der Waals surface area contributed by atoms with Crippen LogP contribution in [-0.2, 0) is 20.6 Å². The van der Waals surface area contributed by atoms with E-state index in [1.807, 2.05) is 25.1 Å². The average molecular weight is 568 g/mol. The summed E-state index contributed by atoms with van der Waals surface area (Å²) >= 11 is 6.25. The Morgan fingerprint density at radius 1 is 1.20 bits per heavy atom. The lowest BCUT2D eigenvalue weighted by molar-refractivity contribution is -0.384. The first kappa shape index (κ1) is 28.3. The number of ether oxygens (including phenoxy) is 1. The molecular formula is C26H26ClN7O6. The molecule has 4 rings (SSSR count). The van der Waals surface area contributed by atoms with E-state index >= 15 is 0 Å². The fraction of sp³-hybridized carbons (Fsp3) is 0.231. The summed E-state index contributed by atoms with van der Waals surface area (Å²) < 4.78 is 9.35. The predicted molar refractivity (Wildman–Crippen MR) is 152 cm³/mol. The largest absolute Gasteiger partial charge is 0.491 e. The Morgan fingerprint density at radius 3 is 2.58 bits per heavy atom. The molecule has 2 N–H and O–H groups in total. The first-order valence-electron chi connectivity index (χ1n) is 12.0. The van der Waals surface area contributed by atoms with Gasteiger partial charge >= 0.3 is 5.69 Å². The lowest BCUT2D eigenvalue weighted by Gasteiger charge is -2.16. The van der Waals surface area contributed by atoms with Crippen LogP contribution in [-0.4, -0.2) is 47.6 Å². The lowest BCUT2D eigenvalue weighted by Crippen LogP contribution is -2.38. The quantitative estimate of drug-likeness (QED) is 0.168. The number of rotatable bonds is 10. The first-order chi connectivity index (χ1) is 19.1. The molecule has 0 radical (unpaired) electrons. The van der Waals surface area contributed by atoms with Crippen LogP contribution >= 0.6 is 11.6 Å². The zero-order chi connectivity index (χ0) is 29.0. The number of nitrogens with zero attached hydrogens (tertiary/aromatic N) is 6. The second-order valence-electron chi connectivity index (χ2n) is 8.90. The van der Waals surface area contributed by atoms with Crippen molar-refractivity contribution in [2.45, 2.75) is 19.6 Å². The van der Waals surface area contributed by atoms with Gasteiger partial charge in [0.15, 0.2) is 11.2 Å². The predicted octanol–water partition coefficient (Wildman–Crippen LogP) is 2.77. The summed E-state index contributed by atoms with van der Waals surface area (Å²) in [6.45, 7) is 1.72. The van der Waals surface area contributed by atoms with E-state index in [2.05, 4.69) is 15.5 Å². The molecule has 0 aliphatic carbocycles. The molecule has 0 aliphatic heterocycles. The highest BCUT2D eigenvalue weighted by Crippen LogP contribution is 2.19. The molecular weight excluding hydrogens is 542 g/mol. The second kappa shape index (κ2) is 12.0. The smallest absolute Gasteiger partial charge is 0.332 e. The van der Waals surface area contributed by atoms with Gasteiger partial charge in [0, 0.05) is 26.2 Å². The van der Waals surface area contributed by atoms with Gasteiger partial charge < -0.3 is 14.4 Å². The standard InChI is InChI=1S/C26H26ClN7O6/c1-16-6-4-5-7-21(16)40-15-20(35)14-33-22-23(31(2)26(37)32(3)24(22)36)29-25(33)30-28-13-18(27)12-17-8-10-19(11-9-17)34(38)39/h4-13,20,35H,14-15H2,1-3H3,(H,29,30)/b18-12-,28-13-. The number of non-ortho nitro benzene ring substituents is 1. The van der Waals surface area contributed by atoms with E-state index in [-0.39, 0.29) is 41.0 Å². The third kappa shape index (κ3) is 6.11. The maximum atomic E-state index is 13.0. The Kier molecular flexibility index (Phi) is 8.46. The monoisotopic (exact) mass is 567 g/mol. The van der Waals surface area contributed by atoms with Gasteiger partial charge in [-0.3, -0.25) is 24.0 Å². The number of aliphatic hydroxyl groups is 1. The topological polar surface area (TPSA) is 159 Å². The van der Waals surface area contributed by atoms with Gasteiger partial charge in [0.2, 0.25) is 5.95 Å². The Labute approximate surface area is 232 Å². The third-order valence-electron chi connectivity index (χ3n) is 6.03. The number of allylic oxidation sites excluding steroid dienone is 1. The number of fused-ring (bicyclic) bond motifs is 1. The molecule has 0 saturated carbocycles. The van der Waals surface area contributed by atoms with Gasteiger partial charge in [0.1, 0.15) is 18.5 Å². The summed E-state index contributed by atoms with van der Waals surface area (Å²) in [6, 6.07) is 13.2. The van der Waals surface area contributed by atoms with Gasteiger partial charge in [-0.25, -0.2) is 10.2 Å². The number of nitrogens with one attached hydrogen (secondary N) is 1. The summed E-state index contributed by atoms with van der Waals surface area (Å²) in [4.78, 5) is 40.2. The summed E-state index contributed by atoms with van der Waals surface area (Å²) in [7, 11) is 2.84. The summed E-state index contributed by atoms with van der Waals surface area (Å²) in [5.74, 6) is 0.701. The van der Waals surface area contributed by atoms with Crippen LogP contribution in [0.4, 0.5) is 11.6 Å². The number of anilines is 1. The van der Waals surface area contributed by atoms with Crippen molar-refractivity contribution in [1.82, 2.24) is 18.7 Å². The van der Waals surface area contributed by atoms with Gasteiger partial charge in [0.25, 0.3) is 11.2 Å². The number of benzene rings is 2. The van der Waals surface area contributed by atoms with Crippen LogP contribution in [0.1, 0.15) is 11.1 Å². The van der Waals surface area contributed by atoms with Crippen molar-refractivity contribution in [3.05, 3.63) is 95.6 Å². The molecule has 2 aromatic heterocycles. The average Bonchev–Trinajstić information content (AvgIpc) is 3.28. The van der Waals surface area contributed by atoms with Crippen LogP contribution in [0.15, 0.2) is 68.3 Å². The summed E-state index contributed by atoms with van der Waals surface area (Å²) in [5.41, 5.74) is 3.23. The number of hydrogen-bond donors (Lipinski definition) is 2. The number of imidazole rings is 1. The number of aryl methyl sites for hydroxylation is 2. The van der Waals surface area contributed by atoms with Crippen LogP contribution in [0.3, 0.4) is 0 Å². The number of aromatic nitrogens is 4. The number of halogens is 1. The molecule has 1 atom stereocenters. The van der Waals surface area contributed by atoms with Gasteiger partial charge in [-0.2, -0.15) is 10.1 Å². The van der Waals surface area contributed by atoms with Crippen LogP contribution < -0.4 is 21.4 Å². The fourth-order valence-electron chi connectivity index (χ4n) is 3.92. The molecule has 0 aliphatic rings. The minimum Gasteiger partial charge on any atom is -0.491 e. The summed E-state index contributed by atoms with van der Waals surface area (Å²) in [6.07, 6.45) is 1.78. The van der Waals surface area contributed by atoms with Gasteiger partial charge in [-0.15, -0.1) is 0 Å². The van der Waals surface area contributed by atoms with E-state index in [1.165, 1.54) is 53.7 Å². The van der Waals surface area contributed by atoms with Crippen LogP contribution in [0.25, 0.3) is 17.2 Å². The molecule has 4 aromatic rings. The highest BCUT2D eigenvalue weighted by atomic mass is 35.5. The van der Waals surface area contributed by atoms with Gasteiger partial charge in [0.05, 0.1) is 22.7 Å². The minimum atomic E-state index is -1.05. The Hall–Kier alpha value is -4.75. The molecule has 2 aromatic carbocycles. The molecule has 14 heteroatoms. The Bertz CT molecular complexity index is 1740.